The zero-order chi connectivity index (χ0) is 20.3. The highest BCUT2D eigenvalue weighted by Gasteiger charge is 2.24. The number of carbonyl (C=O) groups excluding carboxylic acids is 1. The maximum atomic E-state index is 12.8. The van der Waals surface area contributed by atoms with Gasteiger partial charge in [0.1, 0.15) is 0 Å². The third-order valence-electron chi connectivity index (χ3n) is 3.60. The smallest absolute Gasteiger partial charge is 0.284 e. The first kappa shape index (κ1) is 21.0. The number of rotatable bonds is 3. The summed E-state index contributed by atoms with van der Waals surface area (Å²) in [6, 6.07) is 16.7. The molecule has 0 atom stereocenters. The van der Waals surface area contributed by atoms with E-state index in [2.05, 4.69) is 57.2 Å². The highest BCUT2D eigenvalue weighted by molar-refractivity contribution is 9.15. The molecule has 3 rings (SSSR count). The Hall–Kier alpha value is -1.68. The Balaban J connectivity index is 2.19. The van der Waals surface area contributed by atoms with Crippen LogP contribution >= 0.6 is 47.8 Å². The lowest BCUT2D eigenvalue weighted by Gasteiger charge is -2.12. The molecule has 0 unspecified atom stereocenters. The number of benzene rings is 2. The second-order valence-corrected chi connectivity index (χ2v) is 9.56. The van der Waals surface area contributed by atoms with Crippen LogP contribution in [0.15, 0.2) is 94.5 Å². The van der Waals surface area contributed by atoms with Gasteiger partial charge in [-0.2, -0.15) is 8.42 Å². The lowest BCUT2D eigenvalue weighted by molar-refractivity contribution is -0.110. The molecule has 0 aliphatic heterocycles. The van der Waals surface area contributed by atoms with Crippen molar-refractivity contribution < 1.29 is 13.2 Å². The topological polar surface area (TPSA) is 75.9 Å². The van der Waals surface area contributed by atoms with Crippen LogP contribution in [0.2, 0.25) is 0 Å². The number of hydrogen-bond acceptors (Lipinski definition) is 3. The van der Waals surface area contributed by atoms with E-state index in [1.807, 2.05) is 6.07 Å². The van der Waals surface area contributed by atoms with E-state index in [9.17, 15) is 13.2 Å². The van der Waals surface area contributed by atoms with Crippen LogP contribution in [0.4, 0.5) is 0 Å². The molecule has 142 valence electrons. The lowest BCUT2D eigenvalue weighted by Crippen LogP contribution is -2.14. The van der Waals surface area contributed by atoms with Gasteiger partial charge in [0.15, 0.2) is 5.84 Å². The molecule has 2 aromatic carbocycles. The fourth-order valence-corrected chi connectivity index (χ4v) is 4.71. The van der Waals surface area contributed by atoms with Gasteiger partial charge in [-0.25, -0.2) is 4.99 Å². The van der Waals surface area contributed by atoms with Crippen LogP contribution < -0.4 is 0 Å². The number of allylic oxidation sites excluding steroid dienone is 4. The van der Waals surface area contributed by atoms with E-state index < -0.39 is 10.0 Å². The van der Waals surface area contributed by atoms with Crippen molar-refractivity contribution in [2.75, 3.05) is 0 Å². The van der Waals surface area contributed by atoms with Gasteiger partial charge in [0, 0.05) is 5.56 Å². The molecular formula is C19H11Br3N2O3S. The molecule has 0 radical (unpaired) electrons. The fraction of sp³-hybridized carbons (Fsp3) is 0. The maximum Gasteiger partial charge on any atom is 0.284 e. The molecule has 0 bridgehead atoms. The highest BCUT2D eigenvalue weighted by atomic mass is 79.9. The van der Waals surface area contributed by atoms with E-state index in [1.165, 1.54) is 18.2 Å². The van der Waals surface area contributed by atoms with Gasteiger partial charge in [0.25, 0.3) is 10.0 Å². The molecule has 0 spiro atoms. The van der Waals surface area contributed by atoms with Gasteiger partial charge in [0.2, 0.25) is 5.78 Å². The van der Waals surface area contributed by atoms with Crippen LogP contribution in [-0.4, -0.2) is 25.7 Å². The summed E-state index contributed by atoms with van der Waals surface area (Å²) < 4.78 is 30.4. The SMILES string of the molecule is O=C1C(Br)=CC(=N/C(=N/S(=O)(=O)c2ccccc2)c2ccccc2)C(Br)=C1Br. The van der Waals surface area contributed by atoms with Gasteiger partial charge in [-0.15, -0.1) is 4.40 Å². The fourth-order valence-electron chi connectivity index (χ4n) is 2.25. The molecule has 0 heterocycles. The van der Waals surface area contributed by atoms with Crippen molar-refractivity contribution in [2.24, 2.45) is 9.39 Å². The van der Waals surface area contributed by atoms with Crippen LogP contribution in [0.25, 0.3) is 0 Å². The van der Waals surface area contributed by atoms with E-state index in [-0.39, 0.29) is 21.0 Å². The van der Waals surface area contributed by atoms with E-state index >= 15 is 0 Å². The summed E-state index contributed by atoms with van der Waals surface area (Å²) >= 11 is 9.74. The minimum absolute atomic E-state index is 0.00241. The largest absolute Gasteiger partial charge is 0.287 e. The van der Waals surface area contributed by atoms with Crippen molar-refractivity contribution >= 4 is 75.1 Å². The number of Topliss-reactive ketones (excluding diaryl/α,β-unsaturated/α-hetero) is 1. The highest BCUT2D eigenvalue weighted by Crippen LogP contribution is 2.31. The second kappa shape index (κ2) is 8.77. The number of carbonyl (C=O) groups is 1. The molecule has 0 saturated heterocycles. The standard InChI is InChI=1S/C19H11Br3N2O3S/c20-14-11-15(16(21)17(22)18(14)25)23-19(12-7-3-1-4-8-12)24-28(26,27)13-9-5-2-6-10-13/h1-11H/b23-15?,24-19+. The molecule has 5 nitrogen and oxygen atoms in total. The molecule has 0 amide bonds. The van der Waals surface area contributed by atoms with Gasteiger partial charge in [-0.3, -0.25) is 4.79 Å². The van der Waals surface area contributed by atoms with Crippen molar-refractivity contribution in [1.29, 1.82) is 0 Å². The Kier molecular flexibility index (Phi) is 6.59. The van der Waals surface area contributed by atoms with E-state index in [1.54, 1.807) is 42.5 Å². The Morgan fingerprint density at radius 2 is 1.39 bits per heavy atom. The van der Waals surface area contributed by atoms with Gasteiger partial charge >= 0.3 is 0 Å². The number of ketones is 1. The molecule has 0 N–H and O–H groups in total. The summed E-state index contributed by atoms with van der Waals surface area (Å²) in [5.74, 6) is -0.247. The number of sulfonamides is 1. The maximum absolute atomic E-state index is 12.8. The summed E-state index contributed by atoms with van der Waals surface area (Å²) in [6.45, 7) is 0. The predicted molar refractivity (Wildman–Crippen MR) is 121 cm³/mol. The molecule has 0 saturated carbocycles. The first-order valence-corrected chi connectivity index (χ1v) is 11.6. The van der Waals surface area contributed by atoms with Crippen molar-refractivity contribution in [1.82, 2.24) is 0 Å². The van der Waals surface area contributed by atoms with E-state index in [4.69, 9.17) is 0 Å². The van der Waals surface area contributed by atoms with Crippen LogP contribution in [0.5, 0.6) is 0 Å². The molecule has 28 heavy (non-hydrogen) atoms. The summed E-state index contributed by atoms with van der Waals surface area (Å²) in [5.41, 5.74) is 0.872. The van der Waals surface area contributed by atoms with Crippen LogP contribution in [0.1, 0.15) is 5.56 Å². The molecule has 0 fully saturated rings. The van der Waals surface area contributed by atoms with Crippen LogP contribution in [0.3, 0.4) is 0 Å². The molecular weight excluding hydrogens is 576 g/mol. The molecule has 1 aliphatic carbocycles. The predicted octanol–water partition coefficient (Wildman–Crippen LogP) is 5.13. The van der Waals surface area contributed by atoms with Gasteiger partial charge in [-0.1, -0.05) is 48.5 Å². The molecule has 1 aliphatic rings. The number of amidine groups is 1. The Labute approximate surface area is 187 Å². The number of aliphatic imine (C=N–C) groups is 1. The number of nitrogens with zero attached hydrogens (tertiary/aromatic N) is 2. The third-order valence-corrected chi connectivity index (χ3v) is 7.56. The van der Waals surface area contributed by atoms with Crippen LogP contribution in [-0.2, 0) is 14.8 Å². The molecule has 9 heteroatoms. The quantitative estimate of drug-likeness (QED) is 0.284. The van der Waals surface area contributed by atoms with Gasteiger partial charge in [-0.05, 0) is 66.0 Å². The lowest BCUT2D eigenvalue weighted by atomic mass is 10.1. The zero-order valence-electron chi connectivity index (χ0n) is 14.0. The molecule has 2 aromatic rings. The summed E-state index contributed by atoms with van der Waals surface area (Å²) in [7, 11) is -3.98. The Bertz CT molecular complexity index is 1150. The minimum atomic E-state index is -3.98. The van der Waals surface area contributed by atoms with Gasteiger partial charge in [0.05, 0.1) is 24.1 Å². The van der Waals surface area contributed by atoms with Crippen molar-refractivity contribution in [3.63, 3.8) is 0 Å². The van der Waals surface area contributed by atoms with E-state index in [0.717, 1.165) is 0 Å². The zero-order valence-corrected chi connectivity index (χ0v) is 19.6. The minimum Gasteiger partial charge on any atom is -0.287 e. The second-order valence-electron chi connectivity index (χ2n) is 5.52. The first-order chi connectivity index (χ1) is 13.3. The Morgan fingerprint density at radius 3 is 2.00 bits per heavy atom. The average Bonchev–Trinajstić information content (AvgIpc) is 2.71. The monoisotopic (exact) mass is 584 g/mol. The summed E-state index contributed by atoms with van der Waals surface area (Å²) in [6.07, 6.45) is 1.50. The first-order valence-electron chi connectivity index (χ1n) is 7.81. The summed E-state index contributed by atoms with van der Waals surface area (Å²) in [4.78, 5) is 16.5. The number of halogens is 3. The number of hydrogen-bond donors (Lipinski definition) is 0. The van der Waals surface area contributed by atoms with Crippen molar-refractivity contribution in [3.05, 3.63) is 85.8 Å². The average molecular weight is 587 g/mol. The summed E-state index contributed by atoms with van der Waals surface area (Å²) in [5, 5.41) is 0. The normalized spacial score (nSPS) is 17.1. The van der Waals surface area contributed by atoms with Crippen molar-refractivity contribution in [3.8, 4) is 0 Å². The van der Waals surface area contributed by atoms with Gasteiger partial charge < -0.3 is 0 Å². The Morgan fingerprint density at radius 1 is 0.821 bits per heavy atom. The van der Waals surface area contributed by atoms with Crippen LogP contribution in [0, 0.1) is 0 Å². The van der Waals surface area contributed by atoms with Crippen molar-refractivity contribution in [2.45, 2.75) is 4.90 Å². The van der Waals surface area contributed by atoms with E-state index in [0.29, 0.717) is 20.2 Å². The molecule has 0 aromatic heterocycles. The third kappa shape index (κ3) is 4.65.